The Kier molecular flexibility index (Phi) is 5.76. The Morgan fingerprint density at radius 3 is 2.62 bits per heavy atom. The predicted molar refractivity (Wildman–Crippen MR) is 70.4 cm³/mol. The van der Waals surface area contributed by atoms with Crippen molar-refractivity contribution >= 4 is 5.69 Å². The highest BCUT2D eigenvalue weighted by Crippen LogP contribution is 2.20. The lowest BCUT2D eigenvalue weighted by molar-refractivity contribution is 0.414. The molecule has 0 aromatic heterocycles. The maximum Gasteiger partial charge on any atom is 0.119 e. The van der Waals surface area contributed by atoms with Crippen molar-refractivity contribution in [3.63, 3.8) is 0 Å². The molecule has 16 heavy (non-hydrogen) atoms. The molecule has 0 unspecified atom stereocenters. The van der Waals surface area contributed by atoms with Crippen molar-refractivity contribution in [2.45, 2.75) is 39.5 Å². The summed E-state index contributed by atoms with van der Waals surface area (Å²) < 4.78 is 5.18. The summed E-state index contributed by atoms with van der Waals surface area (Å²) in [5.74, 6) is 0.925. The van der Waals surface area contributed by atoms with Gasteiger partial charge in [-0.1, -0.05) is 26.2 Å². The van der Waals surface area contributed by atoms with Crippen LogP contribution in [0, 0.1) is 6.92 Å². The second kappa shape index (κ2) is 7.15. The van der Waals surface area contributed by atoms with E-state index < -0.39 is 0 Å². The van der Waals surface area contributed by atoms with Crippen LogP contribution in [0.3, 0.4) is 0 Å². The number of aryl methyl sites for hydroxylation is 1. The standard InChI is InChI=1S/C14H23NO/c1-4-5-6-7-10-15-14-9-8-13(16-3)11-12(14)2/h8-9,11,15H,4-7,10H2,1-3H3. The van der Waals surface area contributed by atoms with Crippen molar-refractivity contribution in [1.29, 1.82) is 0 Å². The number of benzene rings is 1. The smallest absolute Gasteiger partial charge is 0.119 e. The minimum Gasteiger partial charge on any atom is -0.497 e. The molecule has 1 N–H and O–H groups in total. The minimum absolute atomic E-state index is 0.925. The van der Waals surface area contributed by atoms with Crippen molar-refractivity contribution in [3.05, 3.63) is 23.8 Å². The number of methoxy groups -OCH3 is 1. The number of rotatable bonds is 7. The largest absolute Gasteiger partial charge is 0.497 e. The Morgan fingerprint density at radius 2 is 2.00 bits per heavy atom. The number of anilines is 1. The Hall–Kier alpha value is -1.18. The van der Waals surface area contributed by atoms with Crippen molar-refractivity contribution in [2.75, 3.05) is 19.0 Å². The first-order chi connectivity index (χ1) is 7.77. The normalized spacial score (nSPS) is 10.2. The van der Waals surface area contributed by atoms with Gasteiger partial charge in [0.05, 0.1) is 7.11 Å². The van der Waals surface area contributed by atoms with Crippen LogP contribution in [-0.4, -0.2) is 13.7 Å². The summed E-state index contributed by atoms with van der Waals surface area (Å²) in [6.07, 6.45) is 5.20. The Bertz CT molecular complexity index is 310. The molecule has 0 aliphatic rings. The number of nitrogens with one attached hydrogen (secondary N) is 1. The quantitative estimate of drug-likeness (QED) is 0.703. The summed E-state index contributed by atoms with van der Waals surface area (Å²) in [4.78, 5) is 0. The molecule has 0 bridgehead atoms. The summed E-state index contributed by atoms with van der Waals surface area (Å²) in [6.45, 7) is 5.41. The number of unbranched alkanes of at least 4 members (excludes halogenated alkanes) is 3. The van der Waals surface area contributed by atoms with Crippen LogP contribution in [0.15, 0.2) is 18.2 Å². The van der Waals surface area contributed by atoms with E-state index in [1.807, 2.05) is 6.07 Å². The van der Waals surface area contributed by atoms with Gasteiger partial charge in [-0.15, -0.1) is 0 Å². The van der Waals surface area contributed by atoms with E-state index in [4.69, 9.17) is 4.74 Å². The van der Waals surface area contributed by atoms with Crippen molar-refractivity contribution < 1.29 is 4.74 Å². The molecule has 0 saturated carbocycles. The molecular formula is C14H23NO. The van der Waals surface area contributed by atoms with Crippen molar-refractivity contribution in [2.24, 2.45) is 0 Å². The van der Waals surface area contributed by atoms with E-state index >= 15 is 0 Å². The van der Waals surface area contributed by atoms with Gasteiger partial charge in [0.2, 0.25) is 0 Å². The zero-order valence-corrected chi connectivity index (χ0v) is 10.7. The van der Waals surface area contributed by atoms with Crippen LogP contribution in [0.2, 0.25) is 0 Å². The summed E-state index contributed by atoms with van der Waals surface area (Å²) in [6, 6.07) is 6.16. The highest BCUT2D eigenvalue weighted by molar-refractivity contribution is 5.53. The summed E-state index contributed by atoms with van der Waals surface area (Å²) in [7, 11) is 1.70. The third-order valence-electron chi connectivity index (χ3n) is 2.78. The Balaban J connectivity index is 2.36. The maximum atomic E-state index is 5.18. The van der Waals surface area contributed by atoms with Crippen LogP contribution in [0.1, 0.15) is 38.2 Å². The molecule has 0 fully saturated rings. The Morgan fingerprint density at radius 1 is 1.19 bits per heavy atom. The molecule has 0 atom stereocenters. The van der Waals surface area contributed by atoms with Crippen LogP contribution in [-0.2, 0) is 0 Å². The second-order valence-electron chi connectivity index (χ2n) is 4.17. The van der Waals surface area contributed by atoms with Crippen LogP contribution in [0.25, 0.3) is 0 Å². The highest BCUT2D eigenvalue weighted by Gasteiger charge is 1.99. The molecule has 90 valence electrons. The number of ether oxygens (including phenoxy) is 1. The van der Waals surface area contributed by atoms with E-state index in [-0.39, 0.29) is 0 Å². The van der Waals surface area contributed by atoms with Gasteiger partial charge < -0.3 is 10.1 Å². The highest BCUT2D eigenvalue weighted by atomic mass is 16.5. The van der Waals surface area contributed by atoms with Gasteiger partial charge in [0.1, 0.15) is 5.75 Å². The molecule has 0 aliphatic heterocycles. The van der Waals surface area contributed by atoms with E-state index in [0.717, 1.165) is 12.3 Å². The SMILES string of the molecule is CCCCCCNc1ccc(OC)cc1C. The third kappa shape index (κ3) is 4.13. The molecule has 2 heteroatoms. The van der Waals surface area contributed by atoms with E-state index in [0.29, 0.717) is 0 Å². The minimum atomic E-state index is 0.925. The van der Waals surface area contributed by atoms with Crippen molar-refractivity contribution in [3.8, 4) is 5.75 Å². The first-order valence-electron chi connectivity index (χ1n) is 6.16. The molecule has 1 aromatic rings. The lowest BCUT2D eigenvalue weighted by atomic mass is 10.1. The number of hydrogen-bond donors (Lipinski definition) is 1. The summed E-state index contributed by atoms with van der Waals surface area (Å²) in [5.41, 5.74) is 2.46. The van der Waals surface area contributed by atoms with Gasteiger partial charge in [-0.3, -0.25) is 0 Å². The van der Waals surface area contributed by atoms with Crippen LogP contribution < -0.4 is 10.1 Å². The first-order valence-corrected chi connectivity index (χ1v) is 6.16. The van der Waals surface area contributed by atoms with Crippen molar-refractivity contribution in [1.82, 2.24) is 0 Å². The lowest BCUT2D eigenvalue weighted by Crippen LogP contribution is -2.02. The third-order valence-corrected chi connectivity index (χ3v) is 2.78. The van der Waals surface area contributed by atoms with Gasteiger partial charge in [0, 0.05) is 12.2 Å². The van der Waals surface area contributed by atoms with Gasteiger partial charge in [-0.05, 0) is 37.1 Å². The van der Waals surface area contributed by atoms with Gasteiger partial charge >= 0.3 is 0 Å². The monoisotopic (exact) mass is 221 g/mol. The molecule has 1 aromatic carbocycles. The van der Waals surface area contributed by atoms with Gasteiger partial charge in [-0.2, -0.15) is 0 Å². The van der Waals surface area contributed by atoms with Gasteiger partial charge in [-0.25, -0.2) is 0 Å². The summed E-state index contributed by atoms with van der Waals surface area (Å²) in [5, 5.41) is 3.47. The van der Waals surface area contributed by atoms with Crippen LogP contribution in [0.5, 0.6) is 5.75 Å². The van der Waals surface area contributed by atoms with Crippen LogP contribution >= 0.6 is 0 Å². The predicted octanol–water partition coefficient (Wildman–Crippen LogP) is 4.00. The van der Waals surface area contributed by atoms with Crippen LogP contribution in [0.4, 0.5) is 5.69 Å². The van der Waals surface area contributed by atoms with E-state index in [2.05, 4.69) is 31.3 Å². The molecule has 2 nitrogen and oxygen atoms in total. The van der Waals surface area contributed by atoms with Gasteiger partial charge in [0.25, 0.3) is 0 Å². The molecule has 0 radical (unpaired) electrons. The fraction of sp³-hybridized carbons (Fsp3) is 0.571. The van der Waals surface area contributed by atoms with E-state index in [1.165, 1.54) is 36.9 Å². The average Bonchev–Trinajstić information content (AvgIpc) is 2.30. The molecule has 0 saturated heterocycles. The average molecular weight is 221 g/mol. The molecular weight excluding hydrogens is 198 g/mol. The zero-order valence-electron chi connectivity index (χ0n) is 10.7. The van der Waals surface area contributed by atoms with Gasteiger partial charge in [0.15, 0.2) is 0 Å². The van der Waals surface area contributed by atoms with E-state index in [1.54, 1.807) is 7.11 Å². The molecule has 0 amide bonds. The Labute approximate surface area is 99.0 Å². The first kappa shape index (κ1) is 12.9. The molecule has 0 heterocycles. The zero-order chi connectivity index (χ0) is 11.8. The second-order valence-corrected chi connectivity index (χ2v) is 4.17. The number of hydrogen-bond acceptors (Lipinski definition) is 2. The molecule has 0 spiro atoms. The molecule has 1 rings (SSSR count). The lowest BCUT2D eigenvalue weighted by Gasteiger charge is -2.10. The fourth-order valence-electron chi connectivity index (χ4n) is 1.74. The fourth-order valence-corrected chi connectivity index (χ4v) is 1.74. The van der Waals surface area contributed by atoms with E-state index in [9.17, 15) is 0 Å². The molecule has 0 aliphatic carbocycles. The topological polar surface area (TPSA) is 21.3 Å². The maximum absolute atomic E-state index is 5.18. The summed E-state index contributed by atoms with van der Waals surface area (Å²) >= 11 is 0.